The number of aryl methyl sites for hydroxylation is 1. The molecule has 4 atom stereocenters. The van der Waals surface area contributed by atoms with Crippen molar-refractivity contribution >= 4 is 23.6 Å². The van der Waals surface area contributed by atoms with Crippen LogP contribution in [0.4, 0.5) is 9.18 Å². The van der Waals surface area contributed by atoms with Crippen molar-refractivity contribution in [1.29, 1.82) is 0 Å². The molecule has 1 aliphatic heterocycles. The molecule has 0 aromatic heterocycles. The Bertz CT molecular complexity index is 853. The van der Waals surface area contributed by atoms with Crippen LogP contribution in [0.2, 0.25) is 5.02 Å². The summed E-state index contributed by atoms with van der Waals surface area (Å²) in [6.45, 7) is 11.2. The van der Waals surface area contributed by atoms with Gasteiger partial charge in [-0.05, 0) is 52.3 Å². The van der Waals surface area contributed by atoms with E-state index in [0.717, 1.165) is 0 Å². The fourth-order valence-corrected chi connectivity index (χ4v) is 4.67. The van der Waals surface area contributed by atoms with Gasteiger partial charge in [-0.15, -0.1) is 0 Å². The number of hydrogen-bond acceptors (Lipinski definition) is 5. The molecule has 0 spiro atoms. The molecule has 1 heterocycles. The number of hydrogen-bond donors (Lipinski definition) is 3. The van der Waals surface area contributed by atoms with Gasteiger partial charge < -0.3 is 25.2 Å². The van der Waals surface area contributed by atoms with Gasteiger partial charge in [-0.3, -0.25) is 4.79 Å². The zero-order chi connectivity index (χ0) is 24.6. The van der Waals surface area contributed by atoms with Crippen molar-refractivity contribution in [3.63, 3.8) is 0 Å². The molecule has 1 fully saturated rings. The number of aliphatic hydroxyl groups excluding tert-OH is 1. The molecule has 0 saturated carbocycles. The highest BCUT2D eigenvalue weighted by atomic mass is 35.5. The smallest absolute Gasteiger partial charge is 0.408 e. The second-order valence-corrected chi connectivity index (χ2v) is 10.5. The van der Waals surface area contributed by atoms with Gasteiger partial charge in [0, 0.05) is 35.5 Å². The molecule has 2 unspecified atom stereocenters. The van der Waals surface area contributed by atoms with Crippen molar-refractivity contribution in [3.05, 3.63) is 34.1 Å². The first-order valence-electron chi connectivity index (χ1n) is 10.6. The largest absolute Gasteiger partial charge is 0.444 e. The Labute approximate surface area is 193 Å². The molecule has 3 N–H and O–H groups in total. The summed E-state index contributed by atoms with van der Waals surface area (Å²) in [7, 11) is 0. The number of aliphatic hydroxyl groups is 2. The number of nitrogens with one attached hydrogen (secondary N) is 1. The molecule has 7 nitrogen and oxygen atoms in total. The average molecular weight is 473 g/mol. The zero-order valence-electron chi connectivity index (χ0n) is 19.8. The lowest BCUT2D eigenvalue weighted by molar-refractivity contribution is -0.156. The maximum absolute atomic E-state index is 14.8. The number of carbonyl (C=O) groups excluding carboxylic acids is 2. The molecule has 0 aliphatic carbocycles. The van der Waals surface area contributed by atoms with Gasteiger partial charge in [0.05, 0.1) is 6.61 Å². The van der Waals surface area contributed by atoms with E-state index in [2.05, 4.69) is 5.32 Å². The normalized spacial score (nSPS) is 25.8. The van der Waals surface area contributed by atoms with E-state index >= 15 is 0 Å². The minimum Gasteiger partial charge on any atom is -0.444 e. The quantitative estimate of drug-likeness (QED) is 0.624. The standard InChI is InChI=1S/C23H34ClFN2O5/c1-13-8-16(24)9-17(25)18(13)23(31)14(2)10-27(11-15(23)3)19(29)22(7,12-28)26-20(30)32-21(4,5)6/h8-9,14-15,28,31H,10-12H2,1-7H3,(H,26,30)/t14-,15+,22?,23?. The van der Waals surface area contributed by atoms with Gasteiger partial charge in [-0.2, -0.15) is 0 Å². The van der Waals surface area contributed by atoms with E-state index in [1.54, 1.807) is 47.6 Å². The first kappa shape index (κ1) is 26.4. The summed E-state index contributed by atoms with van der Waals surface area (Å²) in [5.74, 6) is -2.18. The predicted molar refractivity (Wildman–Crippen MR) is 120 cm³/mol. The summed E-state index contributed by atoms with van der Waals surface area (Å²) >= 11 is 5.95. The number of piperidine rings is 1. The summed E-state index contributed by atoms with van der Waals surface area (Å²) in [6, 6.07) is 2.77. The first-order valence-corrected chi connectivity index (χ1v) is 11.0. The topological polar surface area (TPSA) is 99.1 Å². The van der Waals surface area contributed by atoms with E-state index in [1.807, 2.05) is 0 Å². The number of halogens is 2. The maximum atomic E-state index is 14.8. The molecule has 1 aromatic carbocycles. The van der Waals surface area contributed by atoms with Crippen molar-refractivity contribution in [2.75, 3.05) is 19.7 Å². The Kier molecular flexibility index (Phi) is 7.54. The van der Waals surface area contributed by atoms with Crippen molar-refractivity contribution < 1.29 is 28.9 Å². The number of alkyl carbamates (subject to hydrolysis) is 1. The molecule has 1 aromatic rings. The van der Waals surface area contributed by atoms with Crippen LogP contribution >= 0.6 is 11.6 Å². The lowest BCUT2D eigenvalue weighted by Gasteiger charge is -2.50. The fraction of sp³-hybridized carbons (Fsp3) is 0.652. The third-order valence-electron chi connectivity index (χ3n) is 6.00. The Hall–Kier alpha value is -1.90. The highest BCUT2D eigenvalue weighted by molar-refractivity contribution is 6.30. The van der Waals surface area contributed by atoms with Gasteiger partial charge in [0.1, 0.15) is 22.6 Å². The molecule has 180 valence electrons. The fourth-order valence-electron chi connectivity index (χ4n) is 4.41. The molecule has 1 aliphatic rings. The van der Waals surface area contributed by atoms with Gasteiger partial charge in [0.2, 0.25) is 0 Å². The third kappa shape index (κ3) is 5.18. The molecule has 1 saturated heterocycles. The summed E-state index contributed by atoms with van der Waals surface area (Å²) in [4.78, 5) is 27.0. The van der Waals surface area contributed by atoms with Crippen LogP contribution in [0.25, 0.3) is 0 Å². The van der Waals surface area contributed by atoms with E-state index in [4.69, 9.17) is 16.3 Å². The summed E-state index contributed by atoms with van der Waals surface area (Å²) in [6.07, 6.45) is -0.823. The summed E-state index contributed by atoms with van der Waals surface area (Å²) in [5.41, 5.74) is -3.20. The number of nitrogens with zero attached hydrogens (tertiary/aromatic N) is 1. The van der Waals surface area contributed by atoms with Crippen LogP contribution in [-0.4, -0.2) is 57.9 Å². The van der Waals surface area contributed by atoms with Gasteiger partial charge in [0.15, 0.2) is 0 Å². The molecule has 32 heavy (non-hydrogen) atoms. The van der Waals surface area contributed by atoms with Crippen LogP contribution < -0.4 is 5.32 Å². The highest BCUT2D eigenvalue weighted by Gasteiger charge is 2.51. The Morgan fingerprint density at radius 3 is 2.22 bits per heavy atom. The van der Waals surface area contributed by atoms with Crippen LogP contribution in [-0.2, 0) is 15.1 Å². The first-order chi connectivity index (χ1) is 14.5. The third-order valence-corrected chi connectivity index (χ3v) is 6.21. The number of benzene rings is 1. The Morgan fingerprint density at radius 2 is 1.78 bits per heavy atom. The van der Waals surface area contributed by atoms with E-state index in [-0.39, 0.29) is 23.7 Å². The molecule has 0 radical (unpaired) electrons. The van der Waals surface area contributed by atoms with Crippen molar-refractivity contribution in [1.82, 2.24) is 10.2 Å². The second-order valence-electron chi connectivity index (χ2n) is 10.0. The lowest BCUT2D eigenvalue weighted by atomic mass is 9.69. The summed E-state index contributed by atoms with van der Waals surface area (Å²) in [5, 5.41) is 24.2. The second kappa shape index (κ2) is 9.15. The summed E-state index contributed by atoms with van der Waals surface area (Å²) < 4.78 is 20.1. The number of likely N-dealkylation sites (tertiary alicyclic amines) is 1. The molecule has 0 bridgehead atoms. The van der Waals surface area contributed by atoms with Crippen LogP contribution in [0.15, 0.2) is 12.1 Å². The van der Waals surface area contributed by atoms with Gasteiger partial charge in [0.25, 0.3) is 5.91 Å². The highest BCUT2D eigenvalue weighted by Crippen LogP contribution is 2.44. The van der Waals surface area contributed by atoms with Crippen LogP contribution in [0.3, 0.4) is 0 Å². The Morgan fingerprint density at radius 1 is 1.25 bits per heavy atom. The Balaban J connectivity index is 2.29. The maximum Gasteiger partial charge on any atom is 0.408 e. The van der Waals surface area contributed by atoms with E-state index in [0.29, 0.717) is 5.56 Å². The molecule has 2 rings (SSSR count). The molecular formula is C23H34ClFN2O5. The predicted octanol–water partition coefficient (Wildman–Crippen LogP) is 3.37. The average Bonchev–Trinajstić information content (AvgIpc) is 2.62. The van der Waals surface area contributed by atoms with E-state index in [1.165, 1.54) is 17.9 Å². The van der Waals surface area contributed by atoms with E-state index in [9.17, 15) is 24.2 Å². The number of rotatable bonds is 4. The lowest BCUT2D eigenvalue weighted by Crippen LogP contribution is -2.65. The molecule has 2 amide bonds. The monoisotopic (exact) mass is 472 g/mol. The SMILES string of the molecule is Cc1cc(Cl)cc(F)c1C1(O)[C@H](C)CN(C(=O)C(C)(CO)NC(=O)OC(C)(C)C)C[C@@H]1C. The minimum atomic E-state index is -1.61. The number of ether oxygens (including phenoxy) is 1. The van der Waals surface area contributed by atoms with Gasteiger partial charge >= 0.3 is 6.09 Å². The van der Waals surface area contributed by atoms with Crippen LogP contribution in [0.5, 0.6) is 0 Å². The van der Waals surface area contributed by atoms with Crippen molar-refractivity contribution in [3.8, 4) is 0 Å². The van der Waals surface area contributed by atoms with Crippen LogP contribution in [0.1, 0.15) is 52.7 Å². The zero-order valence-corrected chi connectivity index (χ0v) is 20.5. The van der Waals surface area contributed by atoms with Gasteiger partial charge in [-0.1, -0.05) is 25.4 Å². The molecule has 9 heteroatoms. The van der Waals surface area contributed by atoms with Crippen molar-refractivity contribution in [2.45, 2.75) is 65.2 Å². The van der Waals surface area contributed by atoms with Gasteiger partial charge in [-0.25, -0.2) is 9.18 Å². The number of carbonyl (C=O) groups is 2. The molecular weight excluding hydrogens is 439 g/mol. The van der Waals surface area contributed by atoms with Crippen LogP contribution in [0, 0.1) is 24.6 Å². The van der Waals surface area contributed by atoms with Crippen molar-refractivity contribution in [2.24, 2.45) is 11.8 Å². The number of amides is 2. The van der Waals surface area contributed by atoms with E-state index < -0.39 is 53.0 Å². The minimum absolute atomic E-state index is 0.104.